The molecule has 3 nitrogen and oxygen atoms in total. The molecular weight excluding hydrogens is 204 g/mol. The molecule has 0 aliphatic heterocycles. The second kappa shape index (κ2) is 5.83. The molecule has 0 spiro atoms. The topological polar surface area (TPSA) is 54.4 Å². The van der Waals surface area contributed by atoms with Crippen molar-refractivity contribution in [1.29, 1.82) is 0 Å². The molecule has 4 heteroatoms. The average molecular weight is 211 g/mol. The minimum Gasteiger partial charge on any atom is -0.483 e. The molecule has 0 atom stereocenters. The largest absolute Gasteiger partial charge is 0.483 e. The van der Waals surface area contributed by atoms with Gasteiger partial charge in [0, 0.05) is 21.1 Å². The normalized spacial score (nSPS) is 7.22. The second-order valence-corrected chi connectivity index (χ2v) is 1.41. The van der Waals surface area contributed by atoms with E-state index in [1.54, 1.807) is 0 Å². The van der Waals surface area contributed by atoms with Crippen molar-refractivity contribution in [2.75, 3.05) is 0 Å². The summed E-state index contributed by atoms with van der Waals surface area (Å²) in [5, 5.41) is 7.98. The molecule has 0 radical (unpaired) electrons. The zero-order valence-electron chi connectivity index (χ0n) is 4.96. The van der Waals surface area contributed by atoms with E-state index >= 15 is 0 Å². The molecule has 0 aromatic rings. The molecule has 0 aliphatic carbocycles. The van der Waals surface area contributed by atoms with Crippen LogP contribution in [0.4, 0.5) is 0 Å². The Bertz CT molecular complexity index is 96.8. The fourth-order valence-electron chi connectivity index (χ4n) is 0.231. The van der Waals surface area contributed by atoms with Crippen molar-refractivity contribution in [1.82, 2.24) is 0 Å². The molecule has 0 saturated carbocycles. The maximum atomic E-state index is 10.0. The Labute approximate surface area is 67.7 Å². The molecule has 0 aromatic carbocycles. The Morgan fingerprint density at radius 1 is 1.56 bits per heavy atom. The van der Waals surface area contributed by atoms with Gasteiger partial charge in [0.25, 0.3) is 5.97 Å². The predicted molar refractivity (Wildman–Crippen MR) is 27.2 cm³/mol. The zero-order chi connectivity index (χ0) is 6.57. The van der Waals surface area contributed by atoms with E-state index in [4.69, 9.17) is 5.11 Å². The predicted octanol–water partition coefficient (Wildman–Crippen LogP) is 0.252. The minimum atomic E-state index is -0.972. The van der Waals surface area contributed by atoms with E-state index in [1.165, 1.54) is 6.92 Å². The Hall–Kier alpha value is -0.302. The van der Waals surface area contributed by atoms with Gasteiger partial charge in [-0.3, -0.25) is 4.79 Å². The first kappa shape index (κ1) is 11.5. The number of ketones is 1. The summed E-state index contributed by atoms with van der Waals surface area (Å²) >= 11 is 0. The van der Waals surface area contributed by atoms with Gasteiger partial charge in [-0.25, -0.2) is 0 Å². The third kappa shape index (κ3) is 11.3. The van der Waals surface area contributed by atoms with Crippen molar-refractivity contribution in [3.8, 4) is 0 Å². The third-order valence-electron chi connectivity index (χ3n) is 0.564. The standard InChI is InChI=1S/C5H7O3.Mo/c1-4(6)2-3-5(7)8;/h2H,3H2,1H3,(H,7,8);/q-1;. The van der Waals surface area contributed by atoms with Crippen LogP contribution in [-0.2, 0) is 30.7 Å². The van der Waals surface area contributed by atoms with Crippen LogP contribution >= 0.6 is 0 Å². The number of carboxylic acid groups (broad SMARTS) is 1. The van der Waals surface area contributed by atoms with Crippen LogP contribution in [-0.4, -0.2) is 16.9 Å². The summed E-state index contributed by atoms with van der Waals surface area (Å²) in [6.07, 6.45) is 0.956. The average Bonchev–Trinajstić information content (AvgIpc) is 1.61. The van der Waals surface area contributed by atoms with Crippen molar-refractivity contribution in [3.05, 3.63) is 6.42 Å². The summed E-state index contributed by atoms with van der Waals surface area (Å²) in [5.41, 5.74) is 0. The van der Waals surface area contributed by atoms with Gasteiger partial charge >= 0.3 is 0 Å². The number of carbonyl (C=O) groups is 2. The van der Waals surface area contributed by atoms with Gasteiger partial charge in [0.15, 0.2) is 0 Å². The molecule has 0 aromatic heterocycles. The molecule has 0 aliphatic rings. The van der Waals surface area contributed by atoms with E-state index in [-0.39, 0.29) is 33.3 Å². The van der Waals surface area contributed by atoms with Gasteiger partial charge < -0.3 is 16.3 Å². The number of carboxylic acids is 1. The van der Waals surface area contributed by atoms with E-state index in [0.29, 0.717) is 0 Å². The van der Waals surface area contributed by atoms with Crippen LogP contribution in [0.1, 0.15) is 13.3 Å². The quantitative estimate of drug-likeness (QED) is 0.537. The van der Waals surface area contributed by atoms with E-state index in [1.807, 2.05) is 0 Å². The van der Waals surface area contributed by atoms with Gasteiger partial charge in [0.1, 0.15) is 0 Å². The summed E-state index contributed by atoms with van der Waals surface area (Å²) in [7, 11) is 0. The Morgan fingerprint density at radius 3 is 2.11 bits per heavy atom. The SMILES string of the molecule is CC(=O)[CH-]CC(=O)O.[Mo]. The molecule has 9 heavy (non-hydrogen) atoms. The number of Topliss-reactive ketones (excluding diaryl/α,β-unsaturated/α-hetero) is 1. The number of aliphatic carboxylic acids is 1. The smallest absolute Gasteiger partial charge is 0.275 e. The summed E-state index contributed by atoms with van der Waals surface area (Å²) < 4.78 is 0. The van der Waals surface area contributed by atoms with Gasteiger partial charge in [-0.2, -0.15) is 0 Å². The molecule has 0 bridgehead atoms. The minimum absolute atomic E-state index is 0. The Kier molecular flexibility index (Phi) is 7.44. The first-order chi connectivity index (χ1) is 3.63. The number of rotatable bonds is 3. The summed E-state index contributed by atoms with van der Waals surface area (Å²) in [6.45, 7) is 1.32. The van der Waals surface area contributed by atoms with Gasteiger partial charge in [-0.05, 0) is 12.7 Å². The molecule has 52 valence electrons. The van der Waals surface area contributed by atoms with Crippen LogP contribution in [0.2, 0.25) is 0 Å². The molecule has 0 amide bonds. The molecular formula is C5H7MoO3-. The maximum absolute atomic E-state index is 10.0. The molecule has 0 rings (SSSR count). The van der Waals surface area contributed by atoms with E-state index < -0.39 is 5.97 Å². The van der Waals surface area contributed by atoms with Crippen molar-refractivity contribution in [2.24, 2.45) is 0 Å². The first-order valence-electron chi connectivity index (χ1n) is 2.18. The molecule has 0 fully saturated rings. The van der Waals surface area contributed by atoms with Crippen LogP contribution in [0.25, 0.3) is 0 Å². The molecule has 0 unspecified atom stereocenters. The number of carbonyl (C=O) groups excluding carboxylic acids is 1. The number of hydrogen-bond acceptors (Lipinski definition) is 2. The van der Waals surface area contributed by atoms with E-state index in [9.17, 15) is 9.59 Å². The zero-order valence-corrected chi connectivity index (χ0v) is 6.96. The van der Waals surface area contributed by atoms with Crippen LogP contribution in [0.3, 0.4) is 0 Å². The van der Waals surface area contributed by atoms with Crippen molar-refractivity contribution >= 4 is 11.8 Å². The molecule has 1 N–H and O–H groups in total. The van der Waals surface area contributed by atoms with E-state index in [0.717, 1.165) is 6.42 Å². The Balaban J connectivity index is 0. The maximum Gasteiger partial charge on any atom is 0.275 e. The van der Waals surface area contributed by atoms with Crippen LogP contribution in [0, 0.1) is 6.42 Å². The van der Waals surface area contributed by atoms with Crippen LogP contribution in [0.5, 0.6) is 0 Å². The fraction of sp³-hybridized carbons (Fsp3) is 0.400. The monoisotopic (exact) mass is 213 g/mol. The van der Waals surface area contributed by atoms with Gasteiger partial charge in [-0.1, -0.05) is 6.42 Å². The first-order valence-corrected chi connectivity index (χ1v) is 2.18. The molecule has 0 heterocycles. The van der Waals surface area contributed by atoms with Crippen molar-refractivity contribution in [3.63, 3.8) is 0 Å². The van der Waals surface area contributed by atoms with E-state index in [2.05, 4.69) is 0 Å². The van der Waals surface area contributed by atoms with Crippen molar-refractivity contribution < 1.29 is 35.8 Å². The summed E-state index contributed by atoms with van der Waals surface area (Å²) in [6, 6.07) is 0. The van der Waals surface area contributed by atoms with Gasteiger partial charge in [-0.15, -0.1) is 0 Å². The van der Waals surface area contributed by atoms with Crippen LogP contribution in [0.15, 0.2) is 0 Å². The fourth-order valence-corrected chi connectivity index (χ4v) is 0.231. The Morgan fingerprint density at radius 2 is 2.00 bits per heavy atom. The van der Waals surface area contributed by atoms with Crippen LogP contribution < -0.4 is 0 Å². The van der Waals surface area contributed by atoms with Gasteiger partial charge in [0.05, 0.1) is 0 Å². The van der Waals surface area contributed by atoms with Gasteiger partial charge in [0.2, 0.25) is 0 Å². The summed E-state index contributed by atoms with van der Waals surface area (Å²) in [5.74, 6) is -1.17. The second-order valence-electron chi connectivity index (χ2n) is 1.41. The van der Waals surface area contributed by atoms with Crippen molar-refractivity contribution in [2.45, 2.75) is 13.3 Å². The summed E-state index contributed by atoms with van der Waals surface area (Å²) in [4.78, 5) is 19.7. The number of hydrogen-bond donors (Lipinski definition) is 1. The molecule has 0 saturated heterocycles. The third-order valence-corrected chi connectivity index (χ3v) is 0.564.